The molecule has 0 radical (unpaired) electrons. The summed E-state index contributed by atoms with van der Waals surface area (Å²) >= 11 is 0. The summed E-state index contributed by atoms with van der Waals surface area (Å²) < 4.78 is 0. The molecule has 64 heavy (non-hydrogen) atoms. The fourth-order valence-corrected chi connectivity index (χ4v) is 9.51. The zero-order chi connectivity index (χ0) is 42.4. The van der Waals surface area contributed by atoms with Crippen molar-refractivity contribution in [1.29, 1.82) is 0 Å². The highest BCUT2D eigenvalue weighted by Gasteiger charge is 2.17. The van der Waals surface area contributed by atoms with E-state index in [-0.39, 0.29) is 0 Å². The van der Waals surface area contributed by atoms with Gasteiger partial charge in [-0.15, -0.1) is 0 Å². The molecule has 12 rings (SSSR count). The number of rotatable bonds is 7. The van der Waals surface area contributed by atoms with Crippen LogP contribution in [0.4, 0.5) is 0 Å². The maximum Gasteiger partial charge on any atom is 0.161 e. The van der Waals surface area contributed by atoms with Crippen LogP contribution in [0.1, 0.15) is 0 Å². The summed E-state index contributed by atoms with van der Waals surface area (Å²) in [5.41, 5.74) is 14.3. The average molecular weight is 813 g/mol. The molecule has 0 fully saturated rings. The Hall–Kier alpha value is -8.46. The van der Waals surface area contributed by atoms with E-state index in [1.807, 2.05) is 0 Å². The van der Waals surface area contributed by atoms with Gasteiger partial charge >= 0.3 is 0 Å². The third-order valence-corrected chi connectivity index (χ3v) is 12.7. The van der Waals surface area contributed by atoms with Gasteiger partial charge in [0.15, 0.2) is 5.82 Å². The molecule has 12 aromatic rings. The molecular weight excluding hydrogens is 773 g/mol. The number of nitrogens with zero attached hydrogens (tertiary/aromatic N) is 2. The normalized spacial score (nSPS) is 11.4. The lowest BCUT2D eigenvalue weighted by Gasteiger charge is -2.16. The molecule has 0 aliphatic carbocycles. The first-order valence-corrected chi connectivity index (χ1v) is 21.9. The smallest absolute Gasteiger partial charge is 0.161 e. The summed E-state index contributed by atoms with van der Waals surface area (Å²) in [5, 5.41) is 9.84. The zero-order valence-electron chi connectivity index (χ0n) is 35.0. The van der Waals surface area contributed by atoms with Crippen molar-refractivity contribution in [2.24, 2.45) is 0 Å². The summed E-state index contributed by atoms with van der Waals surface area (Å²) in [7, 11) is 0. The number of aromatic nitrogens is 2. The van der Waals surface area contributed by atoms with E-state index in [0.29, 0.717) is 5.82 Å². The summed E-state index contributed by atoms with van der Waals surface area (Å²) in [6.07, 6.45) is 0. The Kier molecular flexibility index (Phi) is 9.20. The predicted molar refractivity (Wildman–Crippen MR) is 270 cm³/mol. The lowest BCUT2D eigenvalue weighted by molar-refractivity contribution is 1.19. The largest absolute Gasteiger partial charge is 0.228 e. The first-order chi connectivity index (χ1) is 31.7. The molecule has 1 heterocycles. The third-order valence-electron chi connectivity index (χ3n) is 12.7. The molecule has 0 bridgehead atoms. The van der Waals surface area contributed by atoms with Crippen LogP contribution in [0.15, 0.2) is 243 Å². The minimum Gasteiger partial charge on any atom is -0.228 e. The van der Waals surface area contributed by atoms with E-state index in [0.717, 1.165) is 50.0 Å². The van der Waals surface area contributed by atoms with Crippen LogP contribution in [0.5, 0.6) is 0 Å². The predicted octanol–water partition coefficient (Wildman–Crippen LogP) is 16.8. The SMILES string of the molecule is c1ccc(-c2ccc(-c3cc(-c4cccc(-c5ccccc5)c4)nc(-c4ccc(-c5ccc(-c6c7ccccc7cc7c6ccc6ccccc67)cc5)c5ccccc45)n3)cc2)cc1. The van der Waals surface area contributed by atoms with Gasteiger partial charge in [0.1, 0.15) is 0 Å². The summed E-state index contributed by atoms with van der Waals surface area (Å²) in [4.78, 5) is 10.7. The average Bonchev–Trinajstić information content (AvgIpc) is 3.38. The van der Waals surface area contributed by atoms with E-state index in [2.05, 4.69) is 243 Å². The molecule has 2 heteroatoms. The van der Waals surface area contributed by atoms with Crippen molar-refractivity contribution in [3.8, 4) is 78.4 Å². The van der Waals surface area contributed by atoms with Crippen molar-refractivity contribution < 1.29 is 0 Å². The van der Waals surface area contributed by atoms with Gasteiger partial charge in [-0.2, -0.15) is 0 Å². The molecule has 1 aromatic heterocycles. The molecule has 0 unspecified atom stereocenters. The highest BCUT2D eigenvalue weighted by atomic mass is 14.9. The first kappa shape index (κ1) is 37.3. The van der Waals surface area contributed by atoms with Crippen molar-refractivity contribution in [3.05, 3.63) is 243 Å². The van der Waals surface area contributed by atoms with Crippen LogP contribution < -0.4 is 0 Å². The molecule has 0 saturated carbocycles. The molecule has 0 aliphatic heterocycles. The molecule has 0 aliphatic rings. The van der Waals surface area contributed by atoms with Crippen molar-refractivity contribution in [2.75, 3.05) is 0 Å². The van der Waals surface area contributed by atoms with Crippen LogP contribution in [0, 0.1) is 0 Å². The van der Waals surface area contributed by atoms with Gasteiger partial charge in [0.25, 0.3) is 0 Å². The maximum atomic E-state index is 5.35. The van der Waals surface area contributed by atoms with Crippen LogP contribution in [-0.2, 0) is 0 Å². The first-order valence-electron chi connectivity index (χ1n) is 21.9. The molecule has 0 amide bonds. The lowest BCUT2D eigenvalue weighted by atomic mass is 9.88. The number of hydrogen-bond acceptors (Lipinski definition) is 2. The van der Waals surface area contributed by atoms with Gasteiger partial charge in [-0.05, 0) is 112 Å². The Balaban J connectivity index is 0.975. The lowest BCUT2D eigenvalue weighted by Crippen LogP contribution is -1.97. The quantitative estimate of drug-likeness (QED) is 0.118. The van der Waals surface area contributed by atoms with Crippen molar-refractivity contribution in [1.82, 2.24) is 9.97 Å². The van der Waals surface area contributed by atoms with Gasteiger partial charge in [0.05, 0.1) is 11.4 Å². The molecule has 0 saturated heterocycles. The molecule has 2 nitrogen and oxygen atoms in total. The van der Waals surface area contributed by atoms with Crippen LogP contribution in [0.3, 0.4) is 0 Å². The molecule has 0 spiro atoms. The monoisotopic (exact) mass is 812 g/mol. The van der Waals surface area contributed by atoms with Gasteiger partial charge in [-0.3, -0.25) is 0 Å². The zero-order valence-corrected chi connectivity index (χ0v) is 35.0. The van der Waals surface area contributed by atoms with Crippen LogP contribution in [0.2, 0.25) is 0 Å². The van der Waals surface area contributed by atoms with Gasteiger partial charge < -0.3 is 0 Å². The summed E-state index contributed by atoms with van der Waals surface area (Å²) in [6, 6.07) is 87.1. The Labute approximate surface area is 372 Å². The van der Waals surface area contributed by atoms with E-state index in [1.165, 1.54) is 65.7 Å². The van der Waals surface area contributed by atoms with E-state index in [1.54, 1.807) is 0 Å². The van der Waals surface area contributed by atoms with Crippen LogP contribution >= 0.6 is 0 Å². The second kappa shape index (κ2) is 15.8. The molecule has 11 aromatic carbocycles. The summed E-state index contributed by atoms with van der Waals surface area (Å²) in [5.74, 6) is 0.693. The minimum atomic E-state index is 0.693. The Morgan fingerprint density at radius 1 is 0.219 bits per heavy atom. The third kappa shape index (κ3) is 6.70. The Bertz CT molecular complexity index is 3690. The van der Waals surface area contributed by atoms with E-state index in [9.17, 15) is 0 Å². The number of hydrogen-bond donors (Lipinski definition) is 0. The Morgan fingerprint density at radius 2 is 0.719 bits per heavy atom. The van der Waals surface area contributed by atoms with Gasteiger partial charge in [-0.1, -0.05) is 218 Å². The number of benzene rings is 11. The molecule has 0 N–H and O–H groups in total. The molecule has 0 atom stereocenters. The van der Waals surface area contributed by atoms with Gasteiger partial charge in [0, 0.05) is 16.7 Å². The van der Waals surface area contributed by atoms with Gasteiger partial charge in [0.2, 0.25) is 0 Å². The van der Waals surface area contributed by atoms with Crippen LogP contribution in [-0.4, -0.2) is 9.97 Å². The standard InChI is InChI=1S/C62H40N2/c1-3-14-41(15-4-1)43-26-30-46(31-27-43)59-40-60(50-21-13-20-48(38-50)42-16-5-2-6-17-42)64-62(63-59)57-37-36-52(54-24-11-12-25-55(54)57)45-28-32-47(33-29-45)61-53-23-10-8-19-49(53)39-58-51-22-9-7-18-44(51)34-35-56(58)61/h1-40H. The van der Waals surface area contributed by atoms with Crippen molar-refractivity contribution >= 4 is 43.1 Å². The van der Waals surface area contributed by atoms with Crippen molar-refractivity contribution in [3.63, 3.8) is 0 Å². The molecular formula is C62H40N2. The van der Waals surface area contributed by atoms with Crippen LogP contribution in [0.25, 0.3) is 122 Å². The fourth-order valence-electron chi connectivity index (χ4n) is 9.51. The van der Waals surface area contributed by atoms with Crippen molar-refractivity contribution in [2.45, 2.75) is 0 Å². The minimum absolute atomic E-state index is 0.693. The summed E-state index contributed by atoms with van der Waals surface area (Å²) in [6.45, 7) is 0. The maximum absolute atomic E-state index is 5.35. The fraction of sp³-hybridized carbons (Fsp3) is 0. The van der Waals surface area contributed by atoms with E-state index < -0.39 is 0 Å². The van der Waals surface area contributed by atoms with E-state index >= 15 is 0 Å². The topological polar surface area (TPSA) is 25.8 Å². The molecule has 298 valence electrons. The number of fused-ring (bicyclic) bond motifs is 5. The second-order valence-corrected chi connectivity index (χ2v) is 16.5. The van der Waals surface area contributed by atoms with Gasteiger partial charge in [-0.25, -0.2) is 9.97 Å². The highest BCUT2D eigenvalue weighted by molar-refractivity contribution is 6.20. The second-order valence-electron chi connectivity index (χ2n) is 16.5. The van der Waals surface area contributed by atoms with E-state index in [4.69, 9.17) is 9.97 Å². The Morgan fingerprint density at radius 3 is 1.45 bits per heavy atom. The highest BCUT2D eigenvalue weighted by Crippen LogP contribution is 2.42.